The third-order valence-corrected chi connectivity index (χ3v) is 5.22. The summed E-state index contributed by atoms with van der Waals surface area (Å²) in [6, 6.07) is 17.7. The van der Waals surface area contributed by atoms with Crippen LogP contribution in [0.3, 0.4) is 0 Å². The van der Waals surface area contributed by atoms with E-state index in [0.29, 0.717) is 5.92 Å². The van der Waals surface area contributed by atoms with Gasteiger partial charge in [-0.05, 0) is 37.0 Å². The Kier molecular flexibility index (Phi) is 5.54. The van der Waals surface area contributed by atoms with E-state index in [9.17, 15) is 0 Å². The number of aromatic amines is 1. The Bertz CT molecular complexity index is 793. The first-order chi connectivity index (χ1) is 11.4. The monoisotopic (exact) mass is 321 g/mol. The zero-order valence-corrected chi connectivity index (χ0v) is 16.2. The van der Waals surface area contributed by atoms with Crippen molar-refractivity contribution in [2.24, 2.45) is 5.92 Å². The van der Waals surface area contributed by atoms with Gasteiger partial charge in [0.2, 0.25) is 0 Å². The van der Waals surface area contributed by atoms with Crippen molar-refractivity contribution in [1.29, 1.82) is 0 Å². The summed E-state index contributed by atoms with van der Waals surface area (Å²) in [6.45, 7) is 15.4. The first-order valence-corrected chi connectivity index (χ1v) is 9.09. The molecular weight excluding hydrogens is 290 g/mol. The molecule has 1 N–H and O–H groups in total. The fourth-order valence-corrected chi connectivity index (χ4v) is 3.61. The second-order valence-electron chi connectivity index (χ2n) is 6.89. The van der Waals surface area contributed by atoms with Crippen LogP contribution in [0.2, 0.25) is 0 Å². The van der Waals surface area contributed by atoms with Crippen LogP contribution in [-0.4, -0.2) is 4.98 Å². The number of hydrogen-bond donors (Lipinski definition) is 1. The molecule has 1 unspecified atom stereocenters. The Hall–Kier alpha value is -2.02. The van der Waals surface area contributed by atoms with E-state index in [-0.39, 0.29) is 5.41 Å². The average Bonchev–Trinajstić information content (AvgIpc) is 2.92. The highest BCUT2D eigenvalue weighted by Crippen LogP contribution is 2.43. The van der Waals surface area contributed by atoms with E-state index >= 15 is 0 Å². The Balaban J connectivity index is 0.00000100. The third kappa shape index (κ3) is 3.00. The van der Waals surface area contributed by atoms with Crippen LogP contribution < -0.4 is 0 Å². The van der Waals surface area contributed by atoms with Crippen molar-refractivity contribution in [3.05, 3.63) is 70.9 Å². The lowest BCUT2D eigenvalue weighted by Gasteiger charge is -2.35. The van der Waals surface area contributed by atoms with Gasteiger partial charge < -0.3 is 4.98 Å². The summed E-state index contributed by atoms with van der Waals surface area (Å²) in [5, 5.41) is 1.34. The molecule has 24 heavy (non-hydrogen) atoms. The molecule has 0 spiro atoms. The summed E-state index contributed by atoms with van der Waals surface area (Å²) in [4.78, 5) is 3.57. The van der Waals surface area contributed by atoms with Crippen LogP contribution in [0.25, 0.3) is 10.9 Å². The molecule has 1 heterocycles. The maximum Gasteiger partial charge on any atom is 0.0459 e. The molecule has 0 saturated heterocycles. The third-order valence-electron chi connectivity index (χ3n) is 5.22. The number of benzene rings is 2. The van der Waals surface area contributed by atoms with Gasteiger partial charge in [0.05, 0.1) is 0 Å². The maximum atomic E-state index is 3.57. The second-order valence-corrected chi connectivity index (χ2v) is 6.89. The van der Waals surface area contributed by atoms with E-state index in [1.54, 1.807) is 0 Å². The Morgan fingerprint density at radius 2 is 1.46 bits per heavy atom. The van der Waals surface area contributed by atoms with Crippen LogP contribution in [0.4, 0.5) is 0 Å². The molecular formula is C23H31N. The van der Waals surface area contributed by atoms with Crippen LogP contribution in [0.1, 0.15) is 57.0 Å². The highest BCUT2D eigenvalue weighted by atomic mass is 14.7. The Morgan fingerprint density at radius 1 is 0.875 bits per heavy atom. The van der Waals surface area contributed by atoms with Gasteiger partial charge >= 0.3 is 0 Å². The largest absolute Gasteiger partial charge is 0.358 e. The van der Waals surface area contributed by atoms with Crippen molar-refractivity contribution in [2.75, 3.05) is 0 Å². The predicted octanol–water partition coefficient (Wildman–Crippen LogP) is 6.77. The van der Waals surface area contributed by atoms with Gasteiger partial charge in [-0.1, -0.05) is 82.6 Å². The first kappa shape index (κ1) is 18.3. The van der Waals surface area contributed by atoms with Gasteiger partial charge in [0.25, 0.3) is 0 Å². The van der Waals surface area contributed by atoms with Crippen molar-refractivity contribution in [3.63, 3.8) is 0 Å². The number of para-hydroxylation sites is 1. The van der Waals surface area contributed by atoms with Crippen molar-refractivity contribution in [2.45, 2.75) is 53.9 Å². The number of aromatic nitrogens is 1. The number of aryl methyl sites for hydroxylation is 2. The minimum Gasteiger partial charge on any atom is -0.358 e. The summed E-state index contributed by atoms with van der Waals surface area (Å²) in [5.41, 5.74) is 6.64. The van der Waals surface area contributed by atoms with Crippen LogP contribution >= 0.6 is 0 Å². The normalized spacial score (nSPS) is 13.5. The standard InChI is InChI=1S/C21H25N.C2H6/c1-14(2)21(5,17-12-10-15(3)11-13-17)20-16(4)22-19-9-7-6-8-18(19)20;1-2/h6-14,22H,1-5H3;1-2H3. The molecule has 2 aromatic carbocycles. The van der Waals surface area contributed by atoms with E-state index in [4.69, 9.17) is 0 Å². The molecule has 0 aliphatic heterocycles. The molecule has 3 aromatic rings. The Morgan fingerprint density at radius 3 is 2.04 bits per heavy atom. The highest BCUT2D eigenvalue weighted by Gasteiger charge is 2.36. The Labute approximate surface area is 147 Å². The molecule has 1 atom stereocenters. The van der Waals surface area contributed by atoms with Gasteiger partial charge in [-0.15, -0.1) is 0 Å². The van der Waals surface area contributed by atoms with Gasteiger partial charge in [0, 0.05) is 22.0 Å². The van der Waals surface area contributed by atoms with Gasteiger partial charge in [0.15, 0.2) is 0 Å². The fourth-order valence-electron chi connectivity index (χ4n) is 3.61. The van der Waals surface area contributed by atoms with Crippen molar-refractivity contribution in [3.8, 4) is 0 Å². The number of fused-ring (bicyclic) bond motifs is 1. The molecule has 3 rings (SSSR count). The van der Waals surface area contributed by atoms with E-state index in [0.717, 1.165) is 0 Å². The lowest BCUT2D eigenvalue weighted by molar-refractivity contribution is 0.406. The van der Waals surface area contributed by atoms with E-state index in [1.165, 1.54) is 33.3 Å². The molecule has 128 valence electrons. The summed E-state index contributed by atoms with van der Waals surface area (Å²) in [5.74, 6) is 0.508. The van der Waals surface area contributed by atoms with Crippen molar-refractivity contribution >= 4 is 10.9 Å². The summed E-state index contributed by atoms with van der Waals surface area (Å²) < 4.78 is 0. The van der Waals surface area contributed by atoms with Gasteiger partial charge in [0.1, 0.15) is 0 Å². The van der Waals surface area contributed by atoms with Crippen molar-refractivity contribution < 1.29 is 0 Å². The molecule has 1 nitrogen and oxygen atoms in total. The highest BCUT2D eigenvalue weighted by molar-refractivity contribution is 5.86. The van der Waals surface area contributed by atoms with Gasteiger partial charge in [-0.2, -0.15) is 0 Å². The molecule has 0 saturated carbocycles. The van der Waals surface area contributed by atoms with Crippen LogP contribution in [-0.2, 0) is 5.41 Å². The lowest BCUT2D eigenvalue weighted by atomic mass is 9.67. The number of H-pyrrole nitrogens is 1. The number of nitrogens with one attached hydrogen (secondary N) is 1. The molecule has 0 radical (unpaired) electrons. The topological polar surface area (TPSA) is 15.8 Å². The molecule has 0 aliphatic carbocycles. The maximum absolute atomic E-state index is 3.57. The first-order valence-electron chi connectivity index (χ1n) is 9.09. The molecule has 0 fully saturated rings. The summed E-state index contributed by atoms with van der Waals surface area (Å²) >= 11 is 0. The second kappa shape index (κ2) is 7.25. The van der Waals surface area contributed by atoms with Crippen LogP contribution in [0.5, 0.6) is 0 Å². The SMILES string of the molecule is CC.Cc1ccc(C(C)(c2c(C)[nH]c3ccccc23)C(C)C)cc1. The average molecular weight is 322 g/mol. The van der Waals surface area contributed by atoms with E-state index < -0.39 is 0 Å². The summed E-state index contributed by atoms with van der Waals surface area (Å²) in [7, 11) is 0. The molecule has 0 bridgehead atoms. The minimum absolute atomic E-state index is 0.00259. The lowest BCUT2D eigenvalue weighted by Crippen LogP contribution is -2.30. The predicted molar refractivity (Wildman–Crippen MR) is 107 cm³/mol. The van der Waals surface area contributed by atoms with Gasteiger partial charge in [-0.25, -0.2) is 0 Å². The molecule has 0 amide bonds. The molecule has 0 aliphatic rings. The zero-order valence-electron chi connectivity index (χ0n) is 16.2. The fraction of sp³-hybridized carbons (Fsp3) is 0.391. The summed E-state index contributed by atoms with van der Waals surface area (Å²) in [6.07, 6.45) is 0. The number of rotatable bonds is 3. The van der Waals surface area contributed by atoms with Gasteiger partial charge in [-0.3, -0.25) is 0 Å². The minimum atomic E-state index is -0.00259. The van der Waals surface area contributed by atoms with Crippen molar-refractivity contribution in [1.82, 2.24) is 4.98 Å². The van der Waals surface area contributed by atoms with Crippen LogP contribution in [0.15, 0.2) is 48.5 Å². The molecule has 1 heteroatoms. The van der Waals surface area contributed by atoms with E-state index in [1.807, 2.05) is 13.8 Å². The quantitative estimate of drug-likeness (QED) is 0.547. The molecule has 1 aromatic heterocycles. The van der Waals surface area contributed by atoms with Crippen LogP contribution in [0, 0.1) is 19.8 Å². The zero-order chi connectivity index (χ0) is 17.9. The number of hydrogen-bond acceptors (Lipinski definition) is 0. The van der Waals surface area contributed by atoms with E-state index in [2.05, 4.69) is 88.1 Å². The smallest absolute Gasteiger partial charge is 0.0459 e.